The number of carbonyl (C=O) groups is 2. The van der Waals surface area contributed by atoms with Gasteiger partial charge < -0.3 is 19.3 Å². The fraction of sp³-hybridized carbons (Fsp3) is 0.636. The smallest absolute Gasteiger partial charge is 0.362 e. The Morgan fingerprint density at radius 3 is 2.55 bits per heavy atom. The zero-order valence-corrected chi connectivity index (χ0v) is 18.1. The molecule has 162 valence electrons. The summed E-state index contributed by atoms with van der Waals surface area (Å²) in [4.78, 5) is 27.3. The number of methoxy groups -OCH3 is 2. The van der Waals surface area contributed by atoms with Crippen molar-refractivity contribution in [3.05, 3.63) is 23.8 Å². The zero-order chi connectivity index (χ0) is 21.6. The van der Waals surface area contributed by atoms with Gasteiger partial charge in [0.1, 0.15) is 11.5 Å². The van der Waals surface area contributed by atoms with Crippen LogP contribution in [0.2, 0.25) is 0 Å². The third-order valence-corrected chi connectivity index (χ3v) is 5.26. The molecule has 2 rings (SSSR count). The van der Waals surface area contributed by atoms with Crippen LogP contribution in [0.1, 0.15) is 58.4 Å². The van der Waals surface area contributed by atoms with E-state index in [0.717, 1.165) is 19.3 Å². The van der Waals surface area contributed by atoms with Crippen LogP contribution < -0.4 is 9.47 Å². The number of unbranched alkanes of at least 4 members (excludes halogenated alkanes) is 2. The van der Waals surface area contributed by atoms with Crippen molar-refractivity contribution in [3.63, 3.8) is 0 Å². The van der Waals surface area contributed by atoms with E-state index in [1.165, 1.54) is 19.1 Å². The van der Waals surface area contributed by atoms with E-state index in [-0.39, 0.29) is 24.5 Å². The van der Waals surface area contributed by atoms with Crippen LogP contribution in [0.5, 0.6) is 11.5 Å². The van der Waals surface area contributed by atoms with Crippen molar-refractivity contribution in [2.75, 3.05) is 20.8 Å². The molecule has 2 atom stereocenters. The minimum atomic E-state index is -1.92. The van der Waals surface area contributed by atoms with E-state index in [1.54, 1.807) is 18.2 Å². The van der Waals surface area contributed by atoms with Gasteiger partial charge in [0, 0.05) is 12.5 Å². The molecule has 1 aromatic rings. The van der Waals surface area contributed by atoms with Crippen molar-refractivity contribution in [1.29, 1.82) is 0 Å². The summed E-state index contributed by atoms with van der Waals surface area (Å²) in [5.74, 6) is -0.304. The molecule has 1 amide bonds. The van der Waals surface area contributed by atoms with E-state index in [2.05, 4.69) is 20.8 Å². The van der Waals surface area contributed by atoms with Gasteiger partial charge in [-0.3, -0.25) is 9.69 Å². The Bertz CT molecular complexity index is 719. The number of carboxylic acids is 1. The molecular weight excluding hydrogens is 374 g/mol. The molecule has 1 heterocycles. The summed E-state index contributed by atoms with van der Waals surface area (Å²) < 4.78 is 16.6. The van der Waals surface area contributed by atoms with E-state index in [0.29, 0.717) is 29.9 Å². The molecule has 1 N–H and O–H groups in total. The van der Waals surface area contributed by atoms with Crippen LogP contribution in [0.3, 0.4) is 0 Å². The standard InChI is InChI=1S/C22H33NO6/c1-6-7-8-9-20(24)23-16(12-15(2)3)14-29-22(23,21(25)26)18-11-10-17(27-4)13-19(18)28-5/h10-11,13,15-16H,6-9,12,14H2,1-5H3,(H,25,26)/t16-,22?/m0/s1. The van der Waals surface area contributed by atoms with Crippen molar-refractivity contribution < 1.29 is 28.9 Å². The second-order valence-corrected chi connectivity index (χ2v) is 7.83. The number of amides is 1. The van der Waals surface area contributed by atoms with Crippen molar-refractivity contribution in [2.45, 2.75) is 64.6 Å². The van der Waals surface area contributed by atoms with Gasteiger partial charge in [0.25, 0.3) is 5.72 Å². The Hall–Kier alpha value is -2.28. The van der Waals surface area contributed by atoms with Crippen LogP contribution in [0.4, 0.5) is 0 Å². The number of ether oxygens (including phenoxy) is 3. The number of carboxylic acid groups (broad SMARTS) is 1. The first-order valence-corrected chi connectivity index (χ1v) is 10.2. The van der Waals surface area contributed by atoms with Gasteiger partial charge in [-0.2, -0.15) is 0 Å². The van der Waals surface area contributed by atoms with Gasteiger partial charge in [-0.05, 0) is 30.9 Å². The fourth-order valence-corrected chi connectivity index (χ4v) is 3.93. The Kier molecular flexibility index (Phi) is 7.90. The van der Waals surface area contributed by atoms with E-state index in [1.807, 2.05) is 0 Å². The molecule has 29 heavy (non-hydrogen) atoms. The van der Waals surface area contributed by atoms with E-state index < -0.39 is 11.7 Å². The number of benzene rings is 1. The summed E-state index contributed by atoms with van der Waals surface area (Å²) in [6.45, 7) is 6.33. The van der Waals surface area contributed by atoms with Crippen LogP contribution >= 0.6 is 0 Å². The monoisotopic (exact) mass is 407 g/mol. The number of hydrogen-bond acceptors (Lipinski definition) is 5. The number of aliphatic carboxylic acids is 1. The van der Waals surface area contributed by atoms with Gasteiger partial charge in [0.15, 0.2) is 0 Å². The Labute approximate surface area is 172 Å². The maximum atomic E-state index is 13.2. The minimum Gasteiger partial charge on any atom is -0.497 e. The van der Waals surface area contributed by atoms with Gasteiger partial charge in [-0.15, -0.1) is 0 Å². The fourth-order valence-electron chi connectivity index (χ4n) is 3.93. The molecule has 1 unspecified atom stereocenters. The lowest BCUT2D eigenvalue weighted by Gasteiger charge is -2.37. The van der Waals surface area contributed by atoms with Crippen LogP contribution in [-0.2, 0) is 20.1 Å². The molecule has 0 bridgehead atoms. The van der Waals surface area contributed by atoms with Crippen LogP contribution in [0.15, 0.2) is 18.2 Å². The molecule has 1 aliphatic heterocycles. The molecule has 0 aromatic heterocycles. The zero-order valence-electron chi connectivity index (χ0n) is 18.1. The average molecular weight is 408 g/mol. The Morgan fingerprint density at radius 1 is 1.28 bits per heavy atom. The van der Waals surface area contributed by atoms with Crippen LogP contribution in [0.25, 0.3) is 0 Å². The number of carbonyl (C=O) groups excluding carboxylic acids is 1. The third-order valence-electron chi connectivity index (χ3n) is 5.26. The second kappa shape index (κ2) is 9.96. The summed E-state index contributed by atoms with van der Waals surface area (Å²) >= 11 is 0. The lowest BCUT2D eigenvalue weighted by Crippen LogP contribution is -2.54. The Morgan fingerprint density at radius 2 is 2.00 bits per heavy atom. The summed E-state index contributed by atoms with van der Waals surface area (Å²) in [6.07, 6.45) is 3.57. The molecule has 0 aliphatic carbocycles. The van der Waals surface area contributed by atoms with E-state index in [9.17, 15) is 14.7 Å². The van der Waals surface area contributed by atoms with Gasteiger partial charge >= 0.3 is 5.97 Å². The maximum Gasteiger partial charge on any atom is 0.362 e. The van der Waals surface area contributed by atoms with Crippen molar-refractivity contribution in [3.8, 4) is 11.5 Å². The largest absolute Gasteiger partial charge is 0.497 e. The molecule has 7 nitrogen and oxygen atoms in total. The molecule has 0 spiro atoms. The molecule has 7 heteroatoms. The lowest BCUT2D eigenvalue weighted by molar-refractivity contribution is -0.185. The highest BCUT2D eigenvalue weighted by atomic mass is 16.6. The number of nitrogens with zero attached hydrogens (tertiary/aromatic N) is 1. The van der Waals surface area contributed by atoms with Gasteiger partial charge in [0.2, 0.25) is 5.91 Å². The summed E-state index contributed by atoms with van der Waals surface area (Å²) in [5.41, 5.74) is -1.62. The van der Waals surface area contributed by atoms with Gasteiger partial charge in [0.05, 0.1) is 32.4 Å². The van der Waals surface area contributed by atoms with Gasteiger partial charge in [-0.1, -0.05) is 33.6 Å². The molecule has 0 radical (unpaired) electrons. The molecule has 1 fully saturated rings. The Balaban J connectivity index is 2.57. The summed E-state index contributed by atoms with van der Waals surface area (Å²) in [7, 11) is 2.98. The predicted octanol–water partition coefficient (Wildman–Crippen LogP) is 3.80. The minimum absolute atomic E-state index is 0.166. The average Bonchev–Trinajstić information content (AvgIpc) is 3.06. The van der Waals surface area contributed by atoms with Crippen LogP contribution in [-0.4, -0.2) is 48.8 Å². The van der Waals surface area contributed by atoms with E-state index >= 15 is 0 Å². The topological polar surface area (TPSA) is 85.3 Å². The van der Waals surface area contributed by atoms with Gasteiger partial charge in [-0.25, -0.2) is 4.79 Å². The highest BCUT2D eigenvalue weighted by Crippen LogP contribution is 2.44. The maximum absolute atomic E-state index is 13.2. The normalized spacial score (nSPS) is 21.4. The molecular formula is C22H33NO6. The number of rotatable bonds is 10. The first-order valence-electron chi connectivity index (χ1n) is 10.2. The summed E-state index contributed by atoms with van der Waals surface area (Å²) in [6, 6.07) is 4.56. The molecule has 0 saturated carbocycles. The van der Waals surface area contributed by atoms with Crippen molar-refractivity contribution in [2.24, 2.45) is 5.92 Å². The molecule has 1 aromatic carbocycles. The number of hydrogen-bond donors (Lipinski definition) is 1. The predicted molar refractivity (Wildman–Crippen MR) is 109 cm³/mol. The molecule has 1 aliphatic rings. The van der Waals surface area contributed by atoms with E-state index in [4.69, 9.17) is 14.2 Å². The van der Waals surface area contributed by atoms with Crippen molar-refractivity contribution in [1.82, 2.24) is 4.90 Å². The van der Waals surface area contributed by atoms with Crippen molar-refractivity contribution >= 4 is 11.9 Å². The highest BCUT2D eigenvalue weighted by Gasteiger charge is 2.58. The molecule has 1 saturated heterocycles. The third kappa shape index (κ3) is 4.66. The lowest BCUT2D eigenvalue weighted by atomic mass is 9.95. The second-order valence-electron chi connectivity index (χ2n) is 7.83. The quantitative estimate of drug-likeness (QED) is 0.594. The first-order chi connectivity index (χ1) is 13.8. The highest BCUT2D eigenvalue weighted by molar-refractivity contribution is 5.88. The first kappa shape index (κ1) is 23.0. The van der Waals surface area contributed by atoms with Crippen LogP contribution in [0, 0.1) is 5.92 Å². The SMILES string of the molecule is CCCCCC(=O)N1[C@@H](CC(C)C)COC1(C(=O)O)c1ccc(OC)cc1OC. The summed E-state index contributed by atoms with van der Waals surface area (Å²) in [5, 5.41) is 10.3.